The van der Waals surface area contributed by atoms with Crippen molar-refractivity contribution >= 4 is 16.7 Å². The summed E-state index contributed by atoms with van der Waals surface area (Å²) in [7, 11) is 1.55. The quantitative estimate of drug-likeness (QED) is 0.772. The fourth-order valence-electron chi connectivity index (χ4n) is 2.67. The fraction of sp³-hybridized carbons (Fsp3) is 0.150. The zero-order valence-corrected chi connectivity index (χ0v) is 13.4. The van der Waals surface area contributed by atoms with Crippen molar-refractivity contribution in [3.05, 3.63) is 77.6 Å². The third-order valence-electron chi connectivity index (χ3n) is 3.90. The number of amides is 1. The smallest absolute Gasteiger partial charge is 0.255 e. The topological polar surface area (TPSA) is 38.3 Å². The van der Waals surface area contributed by atoms with Gasteiger partial charge in [0, 0.05) is 6.54 Å². The van der Waals surface area contributed by atoms with Crippen molar-refractivity contribution in [3.8, 4) is 5.75 Å². The third-order valence-corrected chi connectivity index (χ3v) is 3.90. The van der Waals surface area contributed by atoms with Crippen LogP contribution in [-0.2, 0) is 6.42 Å². The van der Waals surface area contributed by atoms with E-state index in [9.17, 15) is 9.18 Å². The second-order valence-electron chi connectivity index (χ2n) is 5.54. The summed E-state index contributed by atoms with van der Waals surface area (Å²) in [6.45, 7) is 0.429. The van der Waals surface area contributed by atoms with Crippen LogP contribution in [0.15, 0.2) is 60.7 Å². The first-order chi connectivity index (χ1) is 11.7. The van der Waals surface area contributed by atoms with Crippen LogP contribution in [0.5, 0.6) is 5.75 Å². The molecular formula is C20H18FNO2. The fourth-order valence-corrected chi connectivity index (χ4v) is 2.67. The van der Waals surface area contributed by atoms with Gasteiger partial charge < -0.3 is 10.1 Å². The molecule has 3 rings (SSSR count). The van der Waals surface area contributed by atoms with E-state index in [4.69, 9.17) is 4.74 Å². The molecule has 0 bridgehead atoms. The molecule has 122 valence electrons. The van der Waals surface area contributed by atoms with Gasteiger partial charge in [-0.3, -0.25) is 4.79 Å². The van der Waals surface area contributed by atoms with Crippen LogP contribution in [0.3, 0.4) is 0 Å². The maximum atomic E-state index is 13.2. The van der Waals surface area contributed by atoms with Gasteiger partial charge in [0.2, 0.25) is 0 Å². The number of rotatable bonds is 5. The number of hydrogen-bond donors (Lipinski definition) is 1. The predicted octanol–water partition coefficient (Wildman–Crippen LogP) is 3.96. The number of fused-ring (bicyclic) bond motifs is 1. The summed E-state index contributed by atoms with van der Waals surface area (Å²) in [6.07, 6.45) is 0.569. The van der Waals surface area contributed by atoms with Gasteiger partial charge >= 0.3 is 0 Å². The van der Waals surface area contributed by atoms with Gasteiger partial charge in [-0.25, -0.2) is 4.39 Å². The van der Waals surface area contributed by atoms with Gasteiger partial charge in [0.1, 0.15) is 11.6 Å². The van der Waals surface area contributed by atoms with E-state index in [0.717, 1.165) is 16.3 Å². The monoisotopic (exact) mass is 323 g/mol. The Morgan fingerprint density at radius 1 is 1.04 bits per heavy atom. The van der Waals surface area contributed by atoms with Crippen LogP contribution in [-0.4, -0.2) is 19.6 Å². The highest BCUT2D eigenvalue weighted by Crippen LogP contribution is 2.25. The van der Waals surface area contributed by atoms with Gasteiger partial charge in [-0.2, -0.15) is 0 Å². The largest absolute Gasteiger partial charge is 0.496 e. The van der Waals surface area contributed by atoms with E-state index in [1.165, 1.54) is 12.1 Å². The molecule has 0 saturated heterocycles. The van der Waals surface area contributed by atoms with E-state index in [0.29, 0.717) is 24.3 Å². The Hall–Kier alpha value is -2.88. The first kappa shape index (κ1) is 16.0. The van der Waals surface area contributed by atoms with E-state index in [1.807, 2.05) is 42.5 Å². The molecule has 0 aliphatic carbocycles. The van der Waals surface area contributed by atoms with E-state index in [1.54, 1.807) is 13.2 Å². The molecule has 4 heteroatoms. The standard InChI is InChI=1S/C20H18FNO2/c1-24-19-13-16-7-3-2-6-15(16)12-18(19)20(23)22-10-9-14-5-4-8-17(21)11-14/h2-8,11-13H,9-10H2,1H3,(H,22,23). The highest BCUT2D eigenvalue weighted by molar-refractivity contribution is 6.01. The zero-order chi connectivity index (χ0) is 16.9. The zero-order valence-electron chi connectivity index (χ0n) is 13.4. The van der Waals surface area contributed by atoms with Crippen LogP contribution in [0.2, 0.25) is 0 Å². The van der Waals surface area contributed by atoms with Gasteiger partial charge in [-0.15, -0.1) is 0 Å². The Bertz CT molecular complexity index is 876. The Balaban J connectivity index is 1.73. The minimum atomic E-state index is -0.268. The molecule has 3 nitrogen and oxygen atoms in total. The Morgan fingerprint density at radius 2 is 1.79 bits per heavy atom. The number of benzene rings is 3. The summed E-state index contributed by atoms with van der Waals surface area (Å²) >= 11 is 0. The summed E-state index contributed by atoms with van der Waals surface area (Å²) in [4.78, 5) is 12.5. The molecule has 0 aliphatic heterocycles. The number of hydrogen-bond acceptors (Lipinski definition) is 2. The number of carbonyl (C=O) groups excluding carboxylic acids is 1. The third kappa shape index (κ3) is 3.54. The summed E-state index contributed by atoms with van der Waals surface area (Å²) in [6, 6.07) is 17.9. The van der Waals surface area contributed by atoms with Crippen molar-refractivity contribution in [1.29, 1.82) is 0 Å². The highest BCUT2D eigenvalue weighted by atomic mass is 19.1. The van der Waals surface area contributed by atoms with Crippen molar-refractivity contribution in [2.75, 3.05) is 13.7 Å². The average Bonchev–Trinajstić information content (AvgIpc) is 2.60. The molecule has 24 heavy (non-hydrogen) atoms. The Labute approximate surface area is 140 Å². The van der Waals surface area contributed by atoms with Crippen LogP contribution in [0.25, 0.3) is 10.8 Å². The number of nitrogens with one attached hydrogen (secondary N) is 1. The van der Waals surface area contributed by atoms with Crippen LogP contribution in [0, 0.1) is 5.82 Å². The lowest BCUT2D eigenvalue weighted by molar-refractivity contribution is 0.0951. The van der Waals surface area contributed by atoms with Crippen molar-refractivity contribution in [2.45, 2.75) is 6.42 Å². The van der Waals surface area contributed by atoms with E-state index in [2.05, 4.69) is 5.32 Å². The summed E-state index contributed by atoms with van der Waals surface area (Å²) in [5, 5.41) is 4.86. The van der Waals surface area contributed by atoms with E-state index >= 15 is 0 Å². The lowest BCUT2D eigenvalue weighted by Gasteiger charge is -2.11. The van der Waals surface area contributed by atoms with Gasteiger partial charge in [0.15, 0.2) is 0 Å². The van der Waals surface area contributed by atoms with Crippen LogP contribution in [0.1, 0.15) is 15.9 Å². The number of halogens is 1. The first-order valence-electron chi connectivity index (χ1n) is 7.77. The minimum Gasteiger partial charge on any atom is -0.496 e. The maximum Gasteiger partial charge on any atom is 0.255 e. The van der Waals surface area contributed by atoms with Crippen LogP contribution < -0.4 is 10.1 Å². The molecule has 3 aromatic carbocycles. The summed E-state index contributed by atoms with van der Waals surface area (Å²) < 4.78 is 18.5. The molecule has 0 atom stereocenters. The maximum absolute atomic E-state index is 13.2. The molecule has 0 saturated carbocycles. The van der Waals surface area contributed by atoms with Gasteiger partial charge in [-0.05, 0) is 47.0 Å². The molecule has 0 unspecified atom stereocenters. The highest BCUT2D eigenvalue weighted by Gasteiger charge is 2.13. The molecule has 1 N–H and O–H groups in total. The SMILES string of the molecule is COc1cc2ccccc2cc1C(=O)NCCc1cccc(F)c1. The molecular weight excluding hydrogens is 305 g/mol. The van der Waals surface area contributed by atoms with Gasteiger partial charge in [0.25, 0.3) is 5.91 Å². The number of carbonyl (C=O) groups is 1. The average molecular weight is 323 g/mol. The molecule has 0 heterocycles. The van der Waals surface area contributed by atoms with E-state index < -0.39 is 0 Å². The van der Waals surface area contributed by atoms with Gasteiger partial charge in [0.05, 0.1) is 12.7 Å². The minimum absolute atomic E-state index is 0.200. The first-order valence-corrected chi connectivity index (χ1v) is 7.77. The number of methoxy groups -OCH3 is 1. The Kier molecular flexibility index (Phi) is 4.75. The molecule has 1 amide bonds. The lowest BCUT2D eigenvalue weighted by Crippen LogP contribution is -2.26. The second kappa shape index (κ2) is 7.13. The normalized spacial score (nSPS) is 10.6. The summed E-state index contributed by atoms with van der Waals surface area (Å²) in [5.41, 5.74) is 1.34. The Morgan fingerprint density at radius 3 is 2.50 bits per heavy atom. The number of ether oxygens (including phenoxy) is 1. The van der Waals surface area contributed by atoms with Crippen molar-refractivity contribution in [3.63, 3.8) is 0 Å². The van der Waals surface area contributed by atoms with Crippen LogP contribution in [0.4, 0.5) is 4.39 Å². The van der Waals surface area contributed by atoms with E-state index in [-0.39, 0.29) is 11.7 Å². The predicted molar refractivity (Wildman–Crippen MR) is 92.9 cm³/mol. The summed E-state index contributed by atoms with van der Waals surface area (Å²) in [5.74, 6) is 0.0704. The molecule has 0 aromatic heterocycles. The molecule has 0 aliphatic rings. The molecule has 3 aromatic rings. The lowest BCUT2D eigenvalue weighted by atomic mass is 10.1. The molecule has 0 radical (unpaired) electrons. The van der Waals surface area contributed by atoms with Gasteiger partial charge in [-0.1, -0.05) is 36.4 Å². The van der Waals surface area contributed by atoms with Crippen LogP contribution >= 0.6 is 0 Å². The van der Waals surface area contributed by atoms with Crippen molar-refractivity contribution in [1.82, 2.24) is 5.32 Å². The molecule has 0 fully saturated rings. The van der Waals surface area contributed by atoms with Crippen molar-refractivity contribution in [2.24, 2.45) is 0 Å². The van der Waals surface area contributed by atoms with Crippen molar-refractivity contribution < 1.29 is 13.9 Å². The second-order valence-corrected chi connectivity index (χ2v) is 5.54. The molecule has 0 spiro atoms.